The van der Waals surface area contributed by atoms with E-state index in [0.717, 1.165) is 22.3 Å². The summed E-state index contributed by atoms with van der Waals surface area (Å²) < 4.78 is 52.8. The second-order valence-corrected chi connectivity index (χ2v) is 10.6. The van der Waals surface area contributed by atoms with Crippen LogP contribution in [-0.4, -0.2) is 55.0 Å². The summed E-state index contributed by atoms with van der Waals surface area (Å²) in [5.74, 6) is -0.650. The van der Waals surface area contributed by atoms with E-state index in [-0.39, 0.29) is 48.5 Å². The molecule has 2 fully saturated rings. The molecular weight excluding hydrogens is 523 g/mol. The molecule has 40 heavy (non-hydrogen) atoms. The Bertz CT molecular complexity index is 1350. The third-order valence-electron chi connectivity index (χ3n) is 8.06. The average Bonchev–Trinajstić information content (AvgIpc) is 3.25. The van der Waals surface area contributed by atoms with Gasteiger partial charge in [-0.3, -0.25) is 9.69 Å². The molecule has 208 valence electrons. The number of hydrogen-bond acceptors (Lipinski definition) is 5. The number of amides is 1. The van der Waals surface area contributed by atoms with Gasteiger partial charge >= 0.3 is 12.5 Å². The van der Waals surface area contributed by atoms with E-state index < -0.39 is 12.5 Å². The number of piperidine rings is 1. The summed E-state index contributed by atoms with van der Waals surface area (Å²) in [5.41, 5.74) is 5.21. The number of fused-ring (bicyclic) bond motifs is 5. The number of rotatable bonds is 6. The minimum Gasteiger partial charge on any atom is -0.448 e. The zero-order chi connectivity index (χ0) is 27.9. The van der Waals surface area contributed by atoms with Crippen molar-refractivity contribution < 1.29 is 37.0 Å². The van der Waals surface area contributed by atoms with Crippen LogP contribution in [0.25, 0.3) is 11.1 Å². The summed E-state index contributed by atoms with van der Waals surface area (Å²) in [5, 5.41) is 0. The number of nitrogens with zero attached hydrogens (tertiary/aromatic N) is 1. The summed E-state index contributed by atoms with van der Waals surface area (Å²) in [6.07, 6.45) is -4.16. The van der Waals surface area contributed by atoms with Crippen LogP contribution in [0.3, 0.4) is 0 Å². The molecule has 2 atom stereocenters. The number of halogens is 3. The number of benzene rings is 3. The van der Waals surface area contributed by atoms with Crippen molar-refractivity contribution in [2.45, 2.75) is 43.6 Å². The Labute approximate surface area is 229 Å². The monoisotopic (exact) mass is 551 g/mol. The van der Waals surface area contributed by atoms with Crippen molar-refractivity contribution in [3.05, 3.63) is 89.5 Å². The first-order valence-electron chi connectivity index (χ1n) is 13.4. The normalized spacial score (nSPS) is 21.9. The predicted octanol–water partition coefficient (Wildman–Crippen LogP) is 6.13. The fourth-order valence-electron chi connectivity index (χ4n) is 6.30. The SMILES string of the molecule is O=C(Cc1ccc(OC(F)(F)F)cc1)C1CC2COCC(C1)N2C(=O)OCC1c2ccccc2-c2ccccc21. The van der Waals surface area contributed by atoms with Gasteiger partial charge in [0.1, 0.15) is 18.1 Å². The smallest absolute Gasteiger partial charge is 0.448 e. The molecule has 0 radical (unpaired) electrons. The van der Waals surface area contributed by atoms with E-state index in [0.29, 0.717) is 31.6 Å². The van der Waals surface area contributed by atoms with Crippen LogP contribution in [0.15, 0.2) is 72.8 Å². The minimum atomic E-state index is -4.77. The maximum Gasteiger partial charge on any atom is 0.573 e. The van der Waals surface area contributed by atoms with Crippen LogP contribution in [0, 0.1) is 5.92 Å². The number of hydrogen-bond donors (Lipinski definition) is 0. The molecule has 2 heterocycles. The van der Waals surface area contributed by atoms with E-state index in [1.807, 2.05) is 24.3 Å². The van der Waals surface area contributed by atoms with Crippen molar-refractivity contribution in [3.63, 3.8) is 0 Å². The lowest BCUT2D eigenvalue weighted by molar-refractivity contribution is -0.274. The highest BCUT2D eigenvalue weighted by Gasteiger charge is 2.44. The van der Waals surface area contributed by atoms with Crippen LogP contribution >= 0.6 is 0 Å². The number of carbonyl (C=O) groups is 2. The van der Waals surface area contributed by atoms with E-state index in [4.69, 9.17) is 9.47 Å². The molecule has 3 aromatic carbocycles. The van der Waals surface area contributed by atoms with Crippen molar-refractivity contribution in [1.82, 2.24) is 4.90 Å². The van der Waals surface area contributed by atoms with E-state index in [9.17, 15) is 22.8 Å². The van der Waals surface area contributed by atoms with E-state index in [1.165, 1.54) is 24.3 Å². The zero-order valence-corrected chi connectivity index (χ0v) is 21.6. The molecule has 2 unspecified atom stereocenters. The molecule has 1 aliphatic carbocycles. The molecule has 3 aliphatic rings. The summed E-state index contributed by atoms with van der Waals surface area (Å²) in [6, 6.07) is 21.1. The van der Waals surface area contributed by atoms with Gasteiger partial charge in [-0.25, -0.2) is 4.79 Å². The lowest BCUT2D eigenvalue weighted by atomic mass is 9.81. The molecule has 3 aromatic rings. The molecule has 9 heteroatoms. The molecule has 1 amide bonds. The highest BCUT2D eigenvalue weighted by atomic mass is 19.4. The van der Waals surface area contributed by atoms with Gasteiger partial charge in [-0.1, -0.05) is 60.7 Å². The van der Waals surface area contributed by atoms with Crippen LogP contribution in [0.5, 0.6) is 5.75 Å². The fourth-order valence-corrected chi connectivity index (χ4v) is 6.30. The first kappa shape index (κ1) is 26.4. The zero-order valence-electron chi connectivity index (χ0n) is 21.6. The van der Waals surface area contributed by atoms with Crippen molar-refractivity contribution >= 4 is 11.9 Å². The van der Waals surface area contributed by atoms with Gasteiger partial charge in [0.25, 0.3) is 0 Å². The second-order valence-electron chi connectivity index (χ2n) is 10.6. The highest BCUT2D eigenvalue weighted by molar-refractivity contribution is 5.84. The molecule has 2 bridgehead atoms. The van der Waals surface area contributed by atoms with Gasteiger partial charge in [-0.2, -0.15) is 0 Å². The fraction of sp³-hybridized carbons (Fsp3) is 0.355. The van der Waals surface area contributed by atoms with Crippen LogP contribution in [0.4, 0.5) is 18.0 Å². The van der Waals surface area contributed by atoms with Gasteiger partial charge in [0.05, 0.1) is 25.3 Å². The average molecular weight is 552 g/mol. The highest BCUT2D eigenvalue weighted by Crippen LogP contribution is 2.44. The maximum atomic E-state index is 13.4. The van der Waals surface area contributed by atoms with Crippen molar-refractivity contribution in [2.24, 2.45) is 5.92 Å². The van der Waals surface area contributed by atoms with Crippen molar-refractivity contribution in [1.29, 1.82) is 0 Å². The van der Waals surface area contributed by atoms with Crippen LogP contribution in [-0.2, 0) is 20.7 Å². The molecule has 2 aliphatic heterocycles. The first-order chi connectivity index (χ1) is 19.3. The molecular formula is C31H28F3NO5. The molecule has 0 aromatic heterocycles. The first-order valence-corrected chi connectivity index (χ1v) is 13.4. The lowest BCUT2D eigenvalue weighted by Crippen LogP contribution is -2.60. The summed E-state index contributed by atoms with van der Waals surface area (Å²) in [6.45, 7) is 0.877. The summed E-state index contributed by atoms with van der Waals surface area (Å²) >= 11 is 0. The van der Waals surface area contributed by atoms with Crippen LogP contribution < -0.4 is 4.74 Å². The number of morpholine rings is 1. The lowest BCUT2D eigenvalue weighted by Gasteiger charge is -2.47. The third kappa shape index (κ3) is 5.30. The molecule has 0 N–H and O–H groups in total. The topological polar surface area (TPSA) is 65.1 Å². The maximum absolute atomic E-state index is 13.4. The third-order valence-corrected chi connectivity index (χ3v) is 8.06. The van der Waals surface area contributed by atoms with E-state index in [2.05, 4.69) is 29.0 Å². The van der Waals surface area contributed by atoms with Gasteiger partial charge in [0.2, 0.25) is 0 Å². The Morgan fingerprint density at radius 2 is 1.43 bits per heavy atom. The molecule has 6 rings (SSSR count). The second kappa shape index (κ2) is 10.6. The Hall–Kier alpha value is -3.85. The van der Waals surface area contributed by atoms with Crippen LogP contribution in [0.1, 0.15) is 35.4 Å². The Morgan fingerprint density at radius 1 is 0.850 bits per heavy atom. The Balaban J connectivity index is 1.09. The van der Waals surface area contributed by atoms with Gasteiger partial charge in [-0.15, -0.1) is 13.2 Å². The Kier molecular flexibility index (Phi) is 7.00. The van der Waals surface area contributed by atoms with Crippen LogP contribution in [0.2, 0.25) is 0 Å². The molecule has 6 nitrogen and oxygen atoms in total. The number of Topliss-reactive ketones (excluding diaryl/α,β-unsaturated/α-hetero) is 1. The molecule has 0 saturated carbocycles. The van der Waals surface area contributed by atoms with Crippen molar-refractivity contribution in [3.8, 4) is 16.9 Å². The quantitative estimate of drug-likeness (QED) is 0.369. The largest absolute Gasteiger partial charge is 0.573 e. The number of alkyl halides is 3. The minimum absolute atomic E-state index is 0.00595. The molecule has 0 spiro atoms. The van der Waals surface area contributed by atoms with E-state index >= 15 is 0 Å². The van der Waals surface area contributed by atoms with Gasteiger partial charge < -0.3 is 14.2 Å². The number of ketones is 1. The predicted molar refractivity (Wildman–Crippen MR) is 140 cm³/mol. The van der Waals surface area contributed by atoms with Gasteiger partial charge in [0.15, 0.2) is 0 Å². The van der Waals surface area contributed by atoms with Gasteiger partial charge in [-0.05, 0) is 52.8 Å². The standard InChI is InChI=1S/C31H28F3NO5/c32-31(33,34)40-23-11-9-19(10-12-23)13-29(36)20-14-21-16-38-17-22(15-20)35(21)30(37)39-18-28-26-7-3-1-5-24(26)25-6-2-4-8-27(25)28/h1-12,20-22,28H,13-18H2. The molecule has 2 saturated heterocycles. The van der Waals surface area contributed by atoms with Gasteiger partial charge in [0, 0.05) is 18.3 Å². The summed E-state index contributed by atoms with van der Waals surface area (Å²) in [4.78, 5) is 28.2. The summed E-state index contributed by atoms with van der Waals surface area (Å²) in [7, 11) is 0. The Morgan fingerprint density at radius 3 is 2.00 bits per heavy atom. The van der Waals surface area contributed by atoms with Crippen molar-refractivity contribution in [2.75, 3.05) is 19.8 Å². The van der Waals surface area contributed by atoms with E-state index in [1.54, 1.807) is 4.90 Å². The number of carbonyl (C=O) groups excluding carboxylic acids is 2. The number of ether oxygens (including phenoxy) is 3.